The SMILES string of the molecule is Cl.Cl.NCc1nc2c(ccc3c[nH]c(C=Cc4ccccc4)cc32)c1C(=O)O.NCc1nc2c(ccc3c[nH]c(Cl)cc32)c1C(=O)O.O=C1NCc2nc3c(ccc4c[nH]c(C=Cc5ccccc5)cc43)c21.O=C1NCc2nc3c(ccc4c[nH]c(Cl)cc43)c21. The maximum absolute atomic E-state index is 12.0. The van der Waals surface area contributed by atoms with E-state index in [-0.39, 0.29) is 60.8 Å². The third-order valence-electron chi connectivity index (χ3n) is 15.5. The summed E-state index contributed by atoms with van der Waals surface area (Å²) in [4.78, 5) is 77.2. The van der Waals surface area contributed by atoms with Crippen LogP contribution in [0.2, 0.25) is 10.3 Å². The number of carbonyl (C=O) groups excluding carboxylic acids is 2. The van der Waals surface area contributed by atoms with Gasteiger partial charge in [0.25, 0.3) is 11.8 Å². The standard InChI is InChI=1S/C21H17N3O2.C21H15N3O.C13H10ClN3O2.C13H8ClN3O.2ClH/c22-11-18-19(21(25)26)16-9-7-14-12-23-15(10-17(14)20(16)24-18)8-6-13-4-2-1-3-5-13;25-21-19-16-9-7-14-11-22-15(8-6-13-4-2-1-3-5-13)10-17(14)20(16)24-18(19)12-23-21;14-10-3-8-6(5-16-10)1-2-7-11(13(18)19)9(4-15)17-12(7)8;14-10-3-8-6(4-15-10)1-2-7-11-9(17-12(7)8)5-16-13(11)18;;/h1-10,12,23H,11,22H2,(H,25,26);1-11,22H,12H2,(H,23,25);1-3,5,16H,4,15H2,(H,18,19);1-4,15H,5H2,(H,16,18);2*1H. The summed E-state index contributed by atoms with van der Waals surface area (Å²) < 4.78 is 0. The summed E-state index contributed by atoms with van der Waals surface area (Å²) in [6.45, 7) is 1.21. The summed E-state index contributed by atoms with van der Waals surface area (Å²) in [5.74, 6) is -2.08. The highest BCUT2D eigenvalue weighted by Gasteiger charge is 2.28. The number of aromatic carboxylic acids is 2. The smallest absolute Gasteiger partial charge is 0.338 e. The molecule has 90 heavy (non-hydrogen) atoms. The molecule has 448 valence electrons. The average Bonchev–Trinajstić information content (AvgIpc) is 1.67. The highest BCUT2D eigenvalue weighted by atomic mass is 35.5. The van der Waals surface area contributed by atoms with Crippen LogP contribution in [-0.4, -0.2) is 73.8 Å². The van der Waals surface area contributed by atoms with Crippen LogP contribution in [0.25, 0.3) is 111 Å². The largest absolute Gasteiger partial charge is 0.478 e. The highest BCUT2D eigenvalue weighted by molar-refractivity contribution is 6.31. The first-order valence-electron chi connectivity index (χ1n) is 27.8. The molecular weight excluding hydrogens is 1220 g/mol. The Morgan fingerprint density at radius 1 is 0.444 bits per heavy atom. The molecule has 8 aromatic heterocycles. The first kappa shape index (κ1) is 61.2. The van der Waals surface area contributed by atoms with E-state index in [1.54, 1.807) is 24.4 Å². The normalized spacial score (nSPS) is 12.4. The Hall–Kier alpha value is -10.4. The van der Waals surface area contributed by atoms with Crippen molar-refractivity contribution < 1.29 is 29.4 Å². The van der Waals surface area contributed by atoms with E-state index in [0.717, 1.165) is 104 Å². The molecule has 0 atom stereocenters. The van der Waals surface area contributed by atoms with Crippen molar-refractivity contribution >= 4 is 183 Å². The molecule has 2 aliphatic rings. The van der Waals surface area contributed by atoms with Crippen LogP contribution >= 0.6 is 48.0 Å². The Kier molecular flexibility index (Phi) is 17.5. The lowest BCUT2D eigenvalue weighted by atomic mass is 10.1. The Balaban J connectivity index is 0.000000124. The number of benzene rings is 6. The number of aromatic amines is 4. The van der Waals surface area contributed by atoms with Gasteiger partial charge in [-0.05, 0) is 58.3 Å². The Morgan fingerprint density at radius 3 is 1.16 bits per heavy atom. The number of hydrogen-bond acceptors (Lipinski definition) is 10. The van der Waals surface area contributed by atoms with Gasteiger partial charge < -0.3 is 52.2 Å². The molecule has 0 radical (unpaired) electrons. The zero-order valence-corrected chi connectivity index (χ0v) is 50.3. The monoisotopic (exact) mass is 1270 g/mol. The topological polar surface area (TPSA) is 300 Å². The average molecular weight is 1280 g/mol. The number of H-pyrrole nitrogens is 4. The molecule has 12 N–H and O–H groups in total. The van der Waals surface area contributed by atoms with Gasteiger partial charge in [-0.15, -0.1) is 24.8 Å². The number of rotatable bonds is 8. The van der Waals surface area contributed by atoms with Crippen molar-refractivity contribution in [3.05, 3.63) is 236 Å². The van der Waals surface area contributed by atoms with Gasteiger partial charge in [0.1, 0.15) is 10.3 Å². The minimum absolute atomic E-state index is 0. The van der Waals surface area contributed by atoms with E-state index in [4.69, 9.17) is 39.7 Å². The molecule has 2 amide bonds. The van der Waals surface area contributed by atoms with Gasteiger partial charge in [-0.2, -0.15) is 0 Å². The van der Waals surface area contributed by atoms with E-state index in [0.29, 0.717) is 62.2 Å². The quantitative estimate of drug-likeness (QED) is 0.0635. The molecule has 2 aliphatic heterocycles. The van der Waals surface area contributed by atoms with Crippen molar-refractivity contribution in [1.29, 1.82) is 0 Å². The molecule has 0 spiro atoms. The van der Waals surface area contributed by atoms with Crippen LogP contribution < -0.4 is 22.1 Å². The summed E-state index contributed by atoms with van der Waals surface area (Å²) in [7, 11) is 0. The van der Waals surface area contributed by atoms with Crippen LogP contribution in [0.3, 0.4) is 0 Å². The molecule has 0 saturated carbocycles. The van der Waals surface area contributed by atoms with Crippen molar-refractivity contribution in [2.24, 2.45) is 11.5 Å². The number of nitrogens with two attached hydrogens (primary N) is 2. The predicted octanol–water partition coefficient (Wildman–Crippen LogP) is 14.2. The van der Waals surface area contributed by atoms with Crippen LogP contribution in [0.5, 0.6) is 0 Å². The molecule has 22 heteroatoms. The van der Waals surface area contributed by atoms with Crippen LogP contribution in [0.15, 0.2) is 158 Å². The first-order valence-corrected chi connectivity index (χ1v) is 28.5. The number of nitrogens with one attached hydrogen (secondary N) is 6. The second-order valence-electron chi connectivity index (χ2n) is 20.8. The van der Waals surface area contributed by atoms with Gasteiger partial charge in [0, 0.05) is 103 Å². The van der Waals surface area contributed by atoms with E-state index in [1.807, 2.05) is 128 Å². The molecule has 16 rings (SSSR count). The molecule has 0 unspecified atom stereocenters. The summed E-state index contributed by atoms with van der Waals surface area (Å²) in [6.07, 6.45) is 15.6. The molecular formula is C68H52Cl4N12O6. The zero-order valence-electron chi connectivity index (χ0n) is 47.2. The lowest BCUT2D eigenvalue weighted by molar-refractivity contribution is 0.0687. The molecule has 18 nitrogen and oxygen atoms in total. The second-order valence-corrected chi connectivity index (χ2v) is 21.6. The maximum Gasteiger partial charge on any atom is 0.338 e. The number of carboxylic acids is 2. The van der Waals surface area contributed by atoms with Gasteiger partial charge in [-0.1, -0.05) is 145 Å². The molecule has 6 aromatic carbocycles. The summed E-state index contributed by atoms with van der Waals surface area (Å²) in [5.41, 5.74) is 22.7. The highest BCUT2D eigenvalue weighted by Crippen LogP contribution is 2.36. The number of nitrogens with zero attached hydrogens (tertiary/aromatic N) is 4. The molecule has 10 heterocycles. The van der Waals surface area contributed by atoms with Gasteiger partial charge in [0.2, 0.25) is 0 Å². The fourth-order valence-corrected chi connectivity index (χ4v) is 11.7. The number of carbonyl (C=O) groups is 4. The number of halogens is 4. The molecule has 0 bridgehead atoms. The van der Waals surface area contributed by atoms with Gasteiger partial charge in [0.15, 0.2) is 0 Å². The third-order valence-corrected chi connectivity index (χ3v) is 15.9. The van der Waals surface area contributed by atoms with E-state index in [1.165, 1.54) is 0 Å². The number of fused-ring (bicyclic) bond motifs is 16. The minimum atomic E-state index is -1.02. The van der Waals surface area contributed by atoms with E-state index < -0.39 is 11.9 Å². The van der Waals surface area contributed by atoms with Crippen LogP contribution in [0, 0.1) is 0 Å². The lowest BCUT2D eigenvalue weighted by Gasteiger charge is -2.03. The van der Waals surface area contributed by atoms with Gasteiger partial charge in [-0.3, -0.25) is 9.59 Å². The molecule has 14 aromatic rings. The van der Waals surface area contributed by atoms with E-state index in [9.17, 15) is 29.4 Å². The second kappa shape index (κ2) is 25.7. The predicted molar refractivity (Wildman–Crippen MR) is 362 cm³/mol. The van der Waals surface area contributed by atoms with Crippen molar-refractivity contribution in [2.75, 3.05) is 0 Å². The van der Waals surface area contributed by atoms with Gasteiger partial charge >= 0.3 is 11.9 Å². The first-order chi connectivity index (χ1) is 42.8. The number of aromatic nitrogens is 8. The minimum Gasteiger partial charge on any atom is -0.478 e. The number of hydrogen-bond donors (Lipinski definition) is 10. The Labute approximate surface area is 533 Å². The molecule has 0 fully saturated rings. The Bertz CT molecular complexity index is 5240. The van der Waals surface area contributed by atoms with Crippen LogP contribution in [-0.2, 0) is 26.2 Å². The number of amides is 2. The van der Waals surface area contributed by atoms with Crippen LogP contribution in [0.4, 0.5) is 0 Å². The van der Waals surface area contributed by atoms with Crippen molar-refractivity contribution in [3.8, 4) is 0 Å². The lowest BCUT2D eigenvalue weighted by Crippen LogP contribution is -2.13. The van der Waals surface area contributed by atoms with Crippen LogP contribution in [0.1, 0.15) is 86.7 Å². The fourth-order valence-electron chi connectivity index (χ4n) is 11.4. The third kappa shape index (κ3) is 11.6. The molecule has 0 aliphatic carbocycles. The maximum atomic E-state index is 12.0. The van der Waals surface area contributed by atoms with E-state index >= 15 is 0 Å². The van der Waals surface area contributed by atoms with Crippen molar-refractivity contribution in [1.82, 2.24) is 50.5 Å². The van der Waals surface area contributed by atoms with Gasteiger partial charge in [0.05, 0.1) is 80.2 Å². The summed E-state index contributed by atoms with van der Waals surface area (Å²) >= 11 is 11.9. The van der Waals surface area contributed by atoms with E-state index in [2.05, 4.69) is 75.9 Å². The Morgan fingerprint density at radius 2 is 0.789 bits per heavy atom. The summed E-state index contributed by atoms with van der Waals surface area (Å²) in [6, 6.07) is 43.1. The number of pyridine rings is 4. The number of carboxylic acid groups (broad SMARTS) is 2. The fraction of sp³-hybridized carbons (Fsp3) is 0.0588. The van der Waals surface area contributed by atoms with Crippen molar-refractivity contribution in [3.63, 3.8) is 0 Å². The zero-order chi connectivity index (χ0) is 60.7. The van der Waals surface area contributed by atoms with Crippen molar-refractivity contribution in [2.45, 2.75) is 26.2 Å². The summed E-state index contributed by atoms with van der Waals surface area (Å²) in [5, 5.41) is 36.2. The van der Waals surface area contributed by atoms with Gasteiger partial charge in [-0.25, -0.2) is 29.5 Å². The molecule has 0 saturated heterocycles.